The van der Waals surface area contributed by atoms with Crippen LogP contribution in [0.5, 0.6) is 11.5 Å². The Balaban J connectivity index is 1.17. The van der Waals surface area contributed by atoms with E-state index in [0.29, 0.717) is 0 Å². The standard InChI is InChI=1S/C62H55BN2OS2/c1-36-27-44-42-32-57-43(40-19-13-15-21-55(40)67-57)31-50(42)65(48-24-23-39(60(3,4)5)30-41(48)38-17-11-10-12-18-38)63-47-34-54-58(68-56-22-16-14-20-53(56)66-54)35-51(47)64(52(28-36)59(44)63)49-33-46-45(29-37(49)2)61(6,7)25-26-62(46,8)9/h10-24,27-35H,25-26H2,1-9H3. The predicted molar refractivity (Wildman–Crippen MR) is 293 cm³/mol. The zero-order valence-corrected chi connectivity index (χ0v) is 42.1. The molecule has 334 valence electrons. The van der Waals surface area contributed by atoms with Gasteiger partial charge in [0, 0.05) is 59.7 Å². The summed E-state index contributed by atoms with van der Waals surface area (Å²) in [5.41, 5.74) is 20.6. The van der Waals surface area contributed by atoms with Crippen LogP contribution in [0.25, 0.3) is 42.4 Å². The van der Waals surface area contributed by atoms with Crippen molar-refractivity contribution in [3.05, 3.63) is 173 Å². The van der Waals surface area contributed by atoms with Gasteiger partial charge in [0.1, 0.15) is 11.5 Å². The highest BCUT2D eigenvalue weighted by Gasteiger charge is 2.48. The van der Waals surface area contributed by atoms with Crippen LogP contribution in [0, 0.1) is 13.8 Å². The summed E-state index contributed by atoms with van der Waals surface area (Å²) in [6.45, 7) is 21.2. The number of para-hydroxylation sites is 1. The quantitative estimate of drug-likeness (QED) is 0.164. The highest BCUT2D eigenvalue weighted by Crippen LogP contribution is 2.56. The van der Waals surface area contributed by atoms with Gasteiger partial charge in [0.05, 0.1) is 9.79 Å². The maximum atomic E-state index is 6.98. The molecule has 0 saturated heterocycles. The van der Waals surface area contributed by atoms with Crippen LogP contribution in [0.4, 0.5) is 28.4 Å². The first-order valence-electron chi connectivity index (χ1n) is 24.3. The van der Waals surface area contributed by atoms with E-state index in [1.165, 1.54) is 116 Å². The summed E-state index contributed by atoms with van der Waals surface area (Å²) in [4.78, 5) is 7.64. The third kappa shape index (κ3) is 6.25. The second kappa shape index (κ2) is 14.7. The summed E-state index contributed by atoms with van der Waals surface area (Å²) in [7, 11) is 0. The Morgan fingerprint density at radius 3 is 2.09 bits per heavy atom. The number of fused-ring (bicyclic) bond motifs is 10. The smallest absolute Gasteiger partial charge is 0.333 e. The van der Waals surface area contributed by atoms with E-state index in [-0.39, 0.29) is 23.1 Å². The van der Waals surface area contributed by atoms with Gasteiger partial charge in [-0.2, -0.15) is 0 Å². The van der Waals surface area contributed by atoms with Gasteiger partial charge in [-0.3, -0.25) is 0 Å². The summed E-state index contributed by atoms with van der Waals surface area (Å²) in [5, 5.41) is 2.60. The topological polar surface area (TPSA) is 15.7 Å². The lowest BCUT2D eigenvalue weighted by Crippen LogP contribution is -2.61. The summed E-state index contributed by atoms with van der Waals surface area (Å²) < 4.78 is 9.60. The van der Waals surface area contributed by atoms with Crippen LogP contribution >= 0.6 is 23.1 Å². The maximum Gasteiger partial charge on any atom is 0.333 e. The average molecular weight is 919 g/mol. The van der Waals surface area contributed by atoms with Crippen LogP contribution in [0.2, 0.25) is 0 Å². The molecule has 4 aliphatic rings. The molecule has 9 aromatic rings. The lowest BCUT2D eigenvalue weighted by molar-refractivity contribution is 0.332. The number of hydrogen-bond acceptors (Lipinski definition) is 5. The highest BCUT2D eigenvalue weighted by atomic mass is 32.2. The first-order chi connectivity index (χ1) is 32.6. The van der Waals surface area contributed by atoms with Gasteiger partial charge < -0.3 is 14.4 Å². The minimum atomic E-state index is -0.186. The number of nitrogens with zero attached hydrogens (tertiary/aromatic N) is 2. The number of ether oxygens (including phenoxy) is 1. The van der Waals surface area contributed by atoms with Crippen molar-refractivity contribution in [3.63, 3.8) is 0 Å². The monoisotopic (exact) mass is 918 g/mol. The van der Waals surface area contributed by atoms with Gasteiger partial charge in [-0.05, 0) is 160 Å². The summed E-state index contributed by atoms with van der Waals surface area (Å²) in [5.74, 6) is 1.82. The largest absolute Gasteiger partial charge is 0.455 e. The minimum Gasteiger partial charge on any atom is -0.455 e. The molecule has 8 aromatic carbocycles. The summed E-state index contributed by atoms with van der Waals surface area (Å²) >= 11 is 3.72. The van der Waals surface area contributed by atoms with Gasteiger partial charge in [-0.25, -0.2) is 0 Å². The average Bonchev–Trinajstić information content (AvgIpc) is 3.69. The van der Waals surface area contributed by atoms with Crippen LogP contribution < -0.4 is 25.4 Å². The first-order valence-corrected chi connectivity index (χ1v) is 25.9. The van der Waals surface area contributed by atoms with E-state index in [0.717, 1.165) is 27.7 Å². The van der Waals surface area contributed by atoms with Crippen molar-refractivity contribution >= 4 is 89.5 Å². The lowest BCUT2D eigenvalue weighted by Gasteiger charge is -2.48. The first kappa shape index (κ1) is 41.9. The second-order valence-electron chi connectivity index (χ2n) is 22.1. The Hall–Kier alpha value is -6.21. The van der Waals surface area contributed by atoms with Crippen molar-refractivity contribution in [2.45, 2.75) is 101 Å². The van der Waals surface area contributed by atoms with Gasteiger partial charge in [-0.15, -0.1) is 11.3 Å². The maximum absolute atomic E-state index is 6.98. The van der Waals surface area contributed by atoms with Crippen LogP contribution in [0.15, 0.2) is 155 Å². The Labute approximate surface area is 409 Å². The molecule has 0 atom stereocenters. The van der Waals surface area contributed by atoms with Gasteiger partial charge in [-0.1, -0.05) is 139 Å². The SMILES string of the molecule is Cc1cc2c3c(c1)N(c1cc4c(cc1C)C(C)(C)CCC4(C)C)c1cc4c(cc1B3N(c1ccc(C(C)(C)C)cc1-c1ccccc1)c1cc3c(cc1-2)sc1ccccc13)Oc1ccccc1S4. The van der Waals surface area contributed by atoms with Gasteiger partial charge in [0.15, 0.2) is 0 Å². The Bertz CT molecular complexity index is 3620. The molecule has 68 heavy (non-hydrogen) atoms. The molecule has 4 heterocycles. The molecule has 0 N–H and O–H groups in total. The van der Waals surface area contributed by atoms with Crippen LogP contribution in [0.1, 0.15) is 89.1 Å². The number of aryl methyl sites for hydroxylation is 2. The molecule has 0 spiro atoms. The Kier molecular flexibility index (Phi) is 9.04. The molecule has 0 bridgehead atoms. The van der Waals surface area contributed by atoms with Gasteiger partial charge in [0.2, 0.25) is 0 Å². The molecule has 1 aromatic heterocycles. The minimum absolute atomic E-state index is 0.0419. The van der Waals surface area contributed by atoms with Gasteiger partial charge in [0.25, 0.3) is 0 Å². The predicted octanol–water partition coefficient (Wildman–Crippen LogP) is 16.9. The van der Waals surface area contributed by atoms with Crippen molar-refractivity contribution in [1.82, 2.24) is 0 Å². The van der Waals surface area contributed by atoms with Crippen molar-refractivity contribution in [2.24, 2.45) is 0 Å². The zero-order valence-electron chi connectivity index (χ0n) is 40.5. The zero-order chi connectivity index (χ0) is 46.6. The van der Waals surface area contributed by atoms with Crippen LogP contribution in [-0.2, 0) is 16.2 Å². The Morgan fingerprint density at radius 2 is 1.29 bits per heavy atom. The van der Waals surface area contributed by atoms with Crippen molar-refractivity contribution in [2.75, 3.05) is 9.71 Å². The van der Waals surface area contributed by atoms with Crippen molar-refractivity contribution < 1.29 is 4.74 Å². The molecule has 13 rings (SSSR count). The van der Waals surface area contributed by atoms with E-state index in [1.807, 2.05) is 23.1 Å². The van der Waals surface area contributed by atoms with Crippen molar-refractivity contribution in [3.8, 4) is 33.8 Å². The molecule has 0 unspecified atom stereocenters. The third-order valence-electron chi connectivity index (χ3n) is 15.7. The van der Waals surface area contributed by atoms with Gasteiger partial charge >= 0.3 is 6.85 Å². The molecule has 3 nitrogen and oxygen atoms in total. The van der Waals surface area contributed by atoms with E-state index in [9.17, 15) is 0 Å². The molecule has 0 radical (unpaired) electrons. The van der Waals surface area contributed by atoms with E-state index in [4.69, 9.17) is 4.74 Å². The fraction of sp³-hybridized carbons (Fsp3) is 0.226. The second-order valence-corrected chi connectivity index (χ2v) is 24.3. The molecule has 1 aliphatic carbocycles. The molecule has 0 fully saturated rings. The molecule has 6 heteroatoms. The number of anilines is 5. The molecule has 0 saturated carbocycles. The normalized spacial score (nSPS) is 16.1. The fourth-order valence-corrected chi connectivity index (χ4v) is 14.0. The molecule has 0 amide bonds. The van der Waals surface area contributed by atoms with Crippen molar-refractivity contribution in [1.29, 1.82) is 0 Å². The number of rotatable bonds is 3. The molecular weight excluding hydrogens is 864 g/mol. The van der Waals surface area contributed by atoms with E-state index < -0.39 is 0 Å². The fourth-order valence-electron chi connectivity index (χ4n) is 11.9. The van der Waals surface area contributed by atoms with E-state index in [1.54, 1.807) is 0 Å². The molecule has 3 aliphatic heterocycles. The number of hydrogen-bond donors (Lipinski definition) is 0. The molecular formula is C62H55BN2OS2. The van der Waals surface area contributed by atoms with Crippen LogP contribution in [-0.4, -0.2) is 6.85 Å². The Morgan fingerprint density at radius 1 is 0.559 bits per heavy atom. The number of benzene rings is 8. The summed E-state index contributed by atoms with van der Waals surface area (Å²) in [6.07, 6.45) is 2.34. The third-order valence-corrected chi connectivity index (χ3v) is 17.9. The van der Waals surface area contributed by atoms with E-state index >= 15 is 0 Å². The lowest BCUT2D eigenvalue weighted by atomic mass is 9.43. The summed E-state index contributed by atoms with van der Waals surface area (Å²) in [6, 6.07) is 55.7. The van der Waals surface area contributed by atoms with E-state index in [2.05, 4.69) is 218 Å². The number of thiophene rings is 1. The van der Waals surface area contributed by atoms with Crippen LogP contribution in [0.3, 0.4) is 0 Å². The highest BCUT2D eigenvalue weighted by molar-refractivity contribution is 7.99.